The van der Waals surface area contributed by atoms with Crippen molar-refractivity contribution in [2.45, 2.75) is 6.42 Å². The van der Waals surface area contributed by atoms with Gasteiger partial charge in [-0.25, -0.2) is 0 Å². The molecule has 0 amide bonds. The van der Waals surface area contributed by atoms with E-state index in [0.717, 1.165) is 23.1 Å². The maximum Gasteiger partial charge on any atom is 0.224 e. The fourth-order valence-corrected chi connectivity index (χ4v) is 1.75. The lowest BCUT2D eigenvalue weighted by Gasteiger charge is -2.07. The Bertz CT molecular complexity index is 507. The van der Waals surface area contributed by atoms with Crippen molar-refractivity contribution >= 4 is 5.95 Å². The lowest BCUT2D eigenvalue weighted by molar-refractivity contribution is 0.410. The maximum absolute atomic E-state index is 5.32. The van der Waals surface area contributed by atoms with Gasteiger partial charge in [-0.15, -0.1) is 10.2 Å². The molecule has 1 aromatic carbocycles. The van der Waals surface area contributed by atoms with Crippen LogP contribution in [0.15, 0.2) is 24.3 Å². The van der Waals surface area contributed by atoms with Crippen LogP contribution in [0.2, 0.25) is 0 Å². The van der Waals surface area contributed by atoms with Crippen LogP contribution in [0, 0.1) is 0 Å². The summed E-state index contributed by atoms with van der Waals surface area (Å²) < 4.78 is 7.25. The van der Waals surface area contributed by atoms with Gasteiger partial charge in [-0.05, 0) is 6.07 Å². The molecular weight excluding hydrogens is 216 g/mol. The van der Waals surface area contributed by atoms with Crippen molar-refractivity contribution in [3.8, 4) is 5.75 Å². The van der Waals surface area contributed by atoms with Crippen molar-refractivity contribution in [2.75, 3.05) is 19.5 Å². The molecule has 0 bridgehead atoms. The van der Waals surface area contributed by atoms with Gasteiger partial charge in [0.05, 0.1) is 7.11 Å². The highest BCUT2D eigenvalue weighted by molar-refractivity contribution is 5.36. The van der Waals surface area contributed by atoms with E-state index in [1.807, 2.05) is 42.9 Å². The summed E-state index contributed by atoms with van der Waals surface area (Å²) in [4.78, 5) is 0. The molecular formula is C12H16N4O. The molecule has 0 aliphatic rings. The molecule has 1 heterocycles. The number of aromatic nitrogens is 3. The molecule has 0 spiro atoms. The summed E-state index contributed by atoms with van der Waals surface area (Å²) in [5, 5.41) is 11.2. The van der Waals surface area contributed by atoms with Crippen LogP contribution in [-0.4, -0.2) is 28.9 Å². The summed E-state index contributed by atoms with van der Waals surface area (Å²) in [7, 11) is 5.45. The lowest BCUT2D eigenvalue weighted by Crippen LogP contribution is -2.03. The van der Waals surface area contributed by atoms with Gasteiger partial charge in [0.1, 0.15) is 11.6 Å². The third kappa shape index (κ3) is 2.22. The predicted octanol–water partition coefficient (Wildman–Crippen LogP) is 1.46. The number of nitrogens with zero attached hydrogens (tertiary/aromatic N) is 3. The van der Waals surface area contributed by atoms with E-state index in [4.69, 9.17) is 4.74 Å². The van der Waals surface area contributed by atoms with E-state index < -0.39 is 0 Å². The van der Waals surface area contributed by atoms with Crippen LogP contribution in [0.5, 0.6) is 5.75 Å². The second-order valence-electron chi connectivity index (χ2n) is 3.74. The fourth-order valence-electron chi connectivity index (χ4n) is 1.75. The van der Waals surface area contributed by atoms with Crippen molar-refractivity contribution in [1.82, 2.24) is 14.8 Å². The van der Waals surface area contributed by atoms with Gasteiger partial charge in [0.15, 0.2) is 0 Å². The molecule has 0 atom stereocenters. The molecule has 0 fully saturated rings. The third-order valence-corrected chi connectivity index (χ3v) is 2.73. The smallest absolute Gasteiger partial charge is 0.224 e. The first-order chi connectivity index (χ1) is 8.26. The SMILES string of the molecule is CNc1nnc(Cc2ccccc2OC)n1C. The number of benzene rings is 1. The van der Waals surface area contributed by atoms with Gasteiger partial charge in [-0.1, -0.05) is 18.2 Å². The average Bonchev–Trinajstić information content (AvgIpc) is 2.71. The van der Waals surface area contributed by atoms with Gasteiger partial charge < -0.3 is 14.6 Å². The molecule has 17 heavy (non-hydrogen) atoms. The van der Waals surface area contributed by atoms with E-state index in [9.17, 15) is 0 Å². The van der Waals surface area contributed by atoms with Crippen LogP contribution in [-0.2, 0) is 13.5 Å². The molecule has 2 rings (SSSR count). The number of anilines is 1. The largest absolute Gasteiger partial charge is 0.496 e. The van der Waals surface area contributed by atoms with Crippen LogP contribution in [0.1, 0.15) is 11.4 Å². The predicted molar refractivity (Wildman–Crippen MR) is 66.3 cm³/mol. The highest BCUT2D eigenvalue weighted by Gasteiger charge is 2.10. The number of nitrogens with one attached hydrogen (secondary N) is 1. The Labute approximate surface area is 100 Å². The molecule has 0 aliphatic carbocycles. The summed E-state index contributed by atoms with van der Waals surface area (Å²) in [6.45, 7) is 0. The second-order valence-corrected chi connectivity index (χ2v) is 3.74. The van der Waals surface area contributed by atoms with Crippen molar-refractivity contribution in [1.29, 1.82) is 0 Å². The van der Waals surface area contributed by atoms with Gasteiger partial charge in [0.2, 0.25) is 5.95 Å². The zero-order valence-corrected chi connectivity index (χ0v) is 10.3. The molecule has 0 saturated carbocycles. The Hall–Kier alpha value is -2.04. The van der Waals surface area contributed by atoms with Crippen molar-refractivity contribution in [2.24, 2.45) is 7.05 Å². The zero-order valence-electron chi connectivity index (χ0n) is 10.3. The minimum Gasteiger partial charge on any atom is -0.496 e. The Morgan fingerprint density at radius 1 is 1.29 bits per heavy atom. The highest BCUT2D eigenvalue weighted by atomic mass is 16.5. The van der Waals surface area contributed by atoms with Gasteiger partial charge in [0, 0.05) is 26.1 Å². The molecule has 1 aromatic heterocycles. The van der Waals surface area contributed by atoms with Crippen LogP contribution < -0.4 is 10.1 Å². The number of rotatable bonds is 4. The summed E-state index contributed by atoms with van der Waals surface area (Å²) in [5.41, 5.74) is 1.10. The van der Waals surface area contributed by atoms with E-state index in [1.165, 1.54) is 0 Å². The summed E-state index contributed by atoms with van der Waals surface area (Å²) in [6, 6.07) is 7.93. The second kappa shape index (κ2) is 4.86. The van der Waals surface area contributed by atoms with Crippen LogP contribution >= 0.6 is 0 Å². The quantitative estimate of drug-likeness (QED) is 0.867. The topological polar surface area (TPSA) is 52.0 Å². The first-order valence-corrected chi connectivity index (χ1v) is 5.44. The van der Waals surface area contributed by atoms with Crippen molar-refractivity contribution in [3.05, 3.63) is 35.7 Å². The number of para-hydroxylation sites is 1. The Balaban J connectivity index is 2.28. The summed E-state index contributed by atoms with van der Waals surface area (Å²) >= 11 is 0. The van der Waals surface area contributed by atoms with E-state index in [0.29, 0.717) is 6.42 Å². The highest BCUT2D eigenvalue weighted by Crippen LogP contribution is 2.20. The van der Waals surface area contributed by atoms with Crippen molar-refractivity contribution in [3.63, 3.8) is 0 Å². The van der Waals surface area contributed by atoms with E-state index in [-0.39, 0.29) is 0 Å². The van der Waals surface area contributed by atoms with Crippen molar-refractivity contribution < 1.29 is 4.74 Å². The van der Waals surface area contributed by atoms with Gasteiger partial charge in [-0.2, -0.15) is 0 Å². The van der Waals surface area contributed by atoms with Crippen LogP contribution in [0.3, 0.4) is 0 Å². The first kappa shape index (κ1) is 11.4. The monoisotopic (exact) mass is 232 g/mol. The first-order valence-electron chi connectivity index (χ1n) is 5.44. The molecule has 90 valence electrons. The van der Waals surface area contributed by atoms with Gasteiger partial charge >= 0.3 is 0 Å². The molecule has 2 aromatic rings. The average molecular weight is 232 g/mol. The normalized spacial score (nSPS) is 10.3. The molecule has 0 aliphatic heterocycles. The molecule has 5 heteroatoms. The van der Waals surface area contributed by atoms with E-state index in [2.05, 4.69) is 15.5 Å². The fraction of sp³-hybridized carbons (Fsp3) is 0.333. The van der Waals surface area contributed by atoms with E-state index >= 15 is 0 Å². The molecule has 5 nitrogen and oxygen atoms in total. The molecule has 0 unspecified atom stereocenters. The number of hydrogen-bond acceptors (Lipinski definition) is 4. The summed E-state index contributed by atoms with van der Waals surface area (Å²) in [5.74, 6) is 2.54. The molecule has 0 radical (unpaired) electrons. The Morgan fingerprint density at radius 2 is 2.06 bits per heavy atom. The molecule has 1 N–H and O–H groups in total. The minimum atomic E-state index is 0.704. The van der Waals surface area contributed by atoms with Crippen LogP contribution in [0.4, 0.5) is 5.95 Å². The third-order valence-electron chi connectivity index (χ3n) is 2.73. The molecule has 0 saturated heterocycles. The van der Waals surface area contributed by atoms with E-state index in [1.54, 1.807) is 7.11 Å². The lowest BCUT2D eigenvalue weighted by atomic mass is 10.1. The van der Waals surface area contributed by atoms with Crippen LogP contribution in [0.25, 0.3) is 0 Å². The number of hydrogen-bond donors (Lipinski definition) is 1. The Morgan fingerprint density at radius 3 is 2.71 bits per heavy atom. The number of ether oxygens (including phenoxy) is 1. The van der Waals surface area contributed by atoms with Gasteiger partial charge in [0.25, 0.3) is 0 Å². The van der Waals surface area contributed by atoms with Gasteiger partial charge in [-0.3, -0.25) is 0 Å². The number of methoxy groups -OCH3 is 1. The summed E-state index contributed by atoms with van der Waals surface area (Å²) in [6.07, 6.45) is 0.704. The zero-order chi connectivity index (χ0) is 12.3. The minimum absolute atomic E-state index is 0.704. The Kier molecular flexibility index (Phi) is 3.27. The standard InChI is InChI=1S/C12H16N4O/c1-13-12-15-14-11(16(12)2)8-9-6-4-5-7-10(9)17-3/h4-7H,8H2,1-3H3,(H,13,15). The maximum atomic E-state index is 5.32.